The molecule has 0 radical (unpaired) electrons. The van der Waals surface area contributed by atoms with Crippen LogP contribution in [0.1, 0.15) is 18.4 Å². The van der Waals surface area contributed by atoms with Crippen LogP contribution in [0.3, 0.4) is 0 Å². The minimum Gasteiger partial charge on any atom is -0.207 e. The summed E-state index contributed by atoms with van der Waals surface area (Å²) in [5, 5.41) is 0. The second-order valence-corrected chi connectivity index (χ2v) is 7.62. The highest BCUT2D eigenvalue weighted by atomic mass is 79.9. The number of benzene rings is 1. The first-order valence-electron chi connectivity index (χ1n) is 5.71. The van der Waals surface area contributed by atoms with Crippen LogP contribution in [0.2, 0.25) is 0 Å². The number of rotatable bonds is 2. The maximum Gasteiger partial charge on any atom is 0.243 e. The van der Waals surface area contributed by atoms with Gasteiger partial charge in [-0.25, -0.2) is 8.42 Å². The standard InChI is InChI=1S/C12H16BrNO2S/c1-10-2-4-12(5-3-10)17(15,16)14-8-6-11(13)7-9-14/h2-5,11H,6-9H2,1H3. The lowest BCUT2D eigenvalue weighted by molar-refractivity contribution is 0.354. The van der Waals surface area contributed by atoms with Crippen molar-refractivity contribution in [3.05, 3.63) is 29.8 Å². The number of hydrogen-bond donors (Lipinski definition) is 0. The monoisotopic (exact) mass is 317 g/mol. The van der Waals surface area contributed by atoms with E-state index in [1.165, 1.54) is 0 Å². The maximum atomic E-state index is 12.3. The summed E-state index contributed by atoms with van der Waals surface area (Å²) in [7, 11) is -3.29. The quantitative estimate of drug-likeness (QED) is 0.786. The second kappa shape index (κ2) is 5.08. The average Bonchev–Trinajstić information content (AvgIpc) is 2.30. The molecule has 1 aliphatic heterocycles. The summed E-state index contributed by atoms with van der Waals surface area (Å²) in [6.07, 6.45) is 1.76. The molecule has 1 saturated heterocycles. The largest absolute Gasteiger partial charge is 0.243 e. The molecule has 1 aromatic carbocycles. The number of halogens is 1. The minimum atomic E-state index is -3.29. The van der Waals surface area contributed by atoms with Crippen LogP contribution in [0.4, 0.5) is 0 Å². The lowest BCUT2D eigenvalue weighted by Crippen LogP contribution is -2.38. The van der Waals surface area contributed by atoms with Crippen molar-refractivity contribution in [2.24, 2.45) is 0 Å². The molecule has 17 heavy (non-hydrogen) atoms. The third-order valence-electron chi connectivity index (χ3n) is 3.04. The topological polar surface area (TPSA) is 37.4 Å². The van der Waals surface area contributed by atoms with Gasteiger partial charge in [-0.15, -0.1) is 0 Å². The molecule has 2 rings (SSSR count). The van der Waals surface area contributed by atoms with Crippen molar-refractivity contribution in [3.63, 3.8) is 0 Å². The molecule has 3 nitrogen and oxygen atoms in total. The van der Waals surface area contributed by atoms with E-state index in [-0.39, 0.29) is 0 Å². The second-order valence-electron chi connectivity index (χ2n) is 4.39. The van der Waals surface area contributed by atoms with Crippen LogP contribution in [0.15, 0.2) is 29.2 Å². The third kappa shape index (κ3) is 2.89. The summed E-state index contributed by atoms with van der Waals surface area (Å²) < 4.78 is 26.2. The van der Waals surface area contributed by atoms with Gasteiger partial charge in [-0.3, -0.25) is 0 Å². The highest BCUT2D eigenvalue weighted by Crippen LogP contribution is 2.23. The van der Waals surface area contributed by atoms with E-state index >= 15 is 0 Å². The van der Waals surface area contributed by atoms with Gasteiger partial charge >= 0.3 is 0 Å². The zero-order valence-corrected chi connectivity index (χ0v) is 12.2. The fourth-order valence-corrected chi connectivity index (χ4v) is 3.80. The highest BCUT2D eigenvalue weighted by Gasteiger charge is 2.28. The van der Waals surface area contributed by atoms with E-state index in [1.54, 1.807) is 16.4 Å². The van der Waals surface area contributed by atoms with Crippen molar-refractivity contribution in [2.45, 2.75) is 29.5 Å². The molecule has 1 fully saturated rings. The van der Waals surface area contributed by atoms with Gasteiger partial charge in [0.1, 0.15) is 0 Å². The lowest BCUT2D eigenvalue weighted by Gasteiger charge is -2.28. The minimum absolute atomic E-state index is 0.399. The van der Waals surface area contributed by atoms with Crippen molar-refractivity contribution >= 4 is 26.0 Å². The fourth-order valence-electron chi connectivity index (χ4n) is 1.92. The summed E-state index contributed by atoms with van der Waals surface area (Å²) in [5.74, 6) is 0. The lowest BCUT2D eigenvalue weighted by atomic mass is 10.2. The van der Waals surface area contributed by atoms with Crippen molar-refractivity contribution in [2.75, 3.05) is 13.1 Å². The molecule has 0 spiro atoms. The molecule has 0 saturated carbocycles. The molecule has 0 amide bonds. The molecule has 1 aromatic rings. The molecular weight excluding hydrogens is 302 g/mol. The molecule has 94 valence electrons. The normalized spacial score (nSPS) is 19.4. The van der Waals surface area contributed by atoms with E-state index in [9.17, 15) is 8.42 Å². The van der Waals surface area contributed by atoms with Crippen molar-refractivity contribution in [1.29, 1.82) is 0 Å². The first-order valence-corrected chi connectivity index (χ1v) is 8.06. The van der Waals surface area contributed by atoms with Crippen molar-refractivity contribution in [1.82, 2.24) is 4.31 Å². The number of aryl methyl sites for hydroxylation is 1. The Morgan fingerprint density at radius 3 is 2.24 bits per heavy atom. The van der Waals surface area contributed by atoms with E-state index in [4.69, 9.17) is 0 Å². The SMILES string of the molecule is Cc1ccc(S(=O)(=O)N2CCC(Br)CC2)cc1. The zero-order valence-electron chi connectivity index (χ0n) is 9.77. The Labute approximate surface area is 111 Å². The van der Waals surface area contributed by atoms with E-state index < -0.39 is 10.0 Å². The van der Waals surface area contributed by atoms with Crippen molar-refractivity contribution < 1.29 is 8.42 Å². The number of piperidine rings is 1. The van der Waals surface area contributed by atoms with Crippen molar-refractivity contribution in [3.8, 4) is 0 Å². The smallest absolute Gasteiger partial charge is 0.207 e. The molecule has 5 heteroatoms. The van der Waals surface area contributed by atoms with Gasteiger partial charge in [-0.1, -0.05) is 33.6 Å². The molecule has 1 heterocycles. The maximum absolute atomic E-state index is 12.3. The third-order valence-corrected chi connectivity index (χ3v) is 5.87. The summed E-state index contributed by atoms with van der Waals surface area (Å²) in [5.41, 5.74) is 1.07. The van der Waals surface area contributed by atoms with Crippen LogP contribution in [0, 0.1) is 6.92 Å². The van der Waals surface area contributed by atoms with Crippen LogP contribution < -0.4 is 0 Å². The van der Waals surface area contributed by atoms with Gasteiger partial charge in [-0.2, -0.15) is 4.31 Å². The number of sulfonamides is 1. The van der Waals surface area contributed by atoms with Gasteiger partial charge in [0.25, 0.3) is 0 Å². The van der Waals surface area contributed by atoms with E-state index in [2.05, 4.69) is 15.9 Å². The molecular formula is C12H16BrNO2S. The van der Waals surface area contributed by atoms with E-state index in [0.29, 0.717) is 22.8 Å². The van der Waals surface area contributed by atoms with Crippen LogP contribution in [0.25, 0.3) is 0 Å². The first-order chi connectivity index (χ1) is 8.00. The molecule has 0 N–H and O–H groups in total. The summed E-state index contributed by atoms with van der Waals surface area (Å²) >= 11 is 3.53. The van der Waals surface area contributed by atoms with Gasteiger partial charge in [0, 0.05) is 17.9 Å². The Morgan fingerprint density at radius 2 is 1.71 bits per heavy atom. The molecule has 0 bridgehead atoms. The Kier molecular flexibility index (Phi) is 3.90. The molecule has 0 aliphatic carbocycles. The molecule has 0 unspecified atom stereocenters. The highest BCUT2D eigenvalue weighted by molar-refractivity contribution is 9.09. The summed E-state index contributed by atoms with van der Waals surface area (Å²) in [6.45, 7) is 3.16. The van der Waals surface area contributed by atoms with Crippen LogP contribution >= 0.6 is 15.9 Å². The van der Waals surface area contributed by atoms with Crippen LogP contribution in [-0.4, -0.2) is 30.6 Å². The number of hydrogen-bond acceptors (Lipinski definition) is 2. The Hall–Kier alpha value is -0.390. The predicted octanol–water partition coefficient (Wildman–Crippen LogP) is 2.54. The summed E-state index contributed by atoms with van der Waals surface area (Å²) in [6, 6.07) is 7.05. The van der Waals surface area contributed by atoms with Crippen LogP contribution in [-0.2, 0) is 10.0 Å². The Morgan fingerprint density at radius 1 is 1.18 bits per heavy atom. The molecule has 0 aromatic heterocycles. The fraction of sp³-hybridized carbons (Fsp3) is 0.500. The van der Waals surface area contributed by atoms with Gasteiger partial charge in [0.2, 0.25) is 10.0 Å². The number of nitrogens with zero attached hydrogens (tertiary/aromatic N) is 1. The average molecular weight is 318 g/mol. The van der Waals surface area contributed by atoms with Gasteiger partial charge in [0.15, 0.2) is 0 Å². The van der Waals surface area contributed by atoms with Gasteiger partial charge < -0.3 is 0 Å². The first kappa shape index (κ1) is 13.1. The number of alkyl halides is 1. The predicted molar refractivity (Wildman–Crippen MR) is 71.9 cm³/mol. The Bertz CT molecular complexity index is 476. The van der Waals surface area contributed by atoms with E-state index in [0.717, 1.165) is 18.4 Å². The molecule has 0 atom stereocenters. The molecule has 1 aliphatic rings. The van der Waals surface area contributed by atoms with Crippen LogP contribution in [0.5, 0.6) is 0 Å². The van der Waals surface area contributed by atoms with E-state index in [1.807, 2.05) is 19.1 Å². The Balaban J connectivity index is 2.21. The summed E-state index contributed by atoms with van der Waals surface area (Å²) in [4.78, 5) is 0.850. The zero-order chi connectivity index (χ0) is 12.5. The van der Waals surface area contributed by atoms with Gasteiger partial charge in [-0.05, 0) is 31.9 Å². The van der Waals surface area contributed by atoms with Gasteiger partial charge in [0.05, 0.1) is 4.90 Å².